The summed E-state index contributed by atoms with van der Waals surface area (Å²) in [5.74, 6) is -0.345. The second kappa shape index (κ2) is 7.06. The van der Waals surface area contributed by atoms with Crippen LogP contribution < -0.4 is 5.32 Å². The molecule has 0 aliphatic rings. The molecular weight excluding hydrogens is 240 g/mol. The summed E-state index contributed by atoms with van der Waals surface area (Å²) in [4.78, 5) is 11.3. The van der Waals surface area contributed by atoms with Crippen LogP contribution in [-0.4, -0.2) is 18.6 Å². The van der Waals surface area contributed by atoms with Crippen LogP contribution in [0.5, 0.6) is 0 Å². The number of nitrogens with one attached hydrogen (secondary N) is 1. The van der Waals surface area contributed by atoms with Crippen molar-refractivity contribution in [2.45, 2.75) is 32.9 Å². The SMILES string of the molecule is CCOC(=O)C(C)NCc1cccc(C(F)F)c1. The van der Waals surface area contributed by atoms with Gasteiger partial charge in [0.1, 0.15) is 6.04 Å². The van der Waals surface area contributed by atoms with E-state index in [1.54, 1.807) is 26.0 Å². The lowest BCUT2D eigenvalue weighted by Crippen LogP contribution is -2.34. The van der Waals surface area contributed by atoms with Gasteiger partial charge in [0.2, 0.25) is 0 Å². The van der Waals surface area contributed by atoms with Gasteiger partial charge >= 0.3 is 5.97 Å². The van der Waals surface area contributed by atoms with Gasteiger partial charge < -0.3 is 10.1 Å². The molecule has 1 unspecified atom stereocenters. The van der Waals surface area contributed by atoms with E-state index in [1.807, 2.05) is 0 Å². The molecule has 0 fully saturated rings. The lowest BCUT2D eigenvalue weighted by atomic mass is 10.1. The van der Waals surface area contributed by atoms with E-state index in [0.717, 1.165) is 0 Å². The van der Waals surface area contributed by atoms with Crippen LogP contribution in [0, 0.1) is 0 Å². The molecule has 0 aliphatic heterocycles. The Bertz CT molecular complexity index is 396. The Morgan fingerprint density at radius 1 is 1.44 bits per heavy atom. The number of hydrogen-bond donors (Lipinski definition) is 1. The van der Waals surface area contributed by atoms with E-state index in [2.05, 4.69) is 5.32 Å². The molecular formula is C13H17F2NO2. The highest BCUT2D eigenvalue weighted by Gasteiger charge is 2.13. The summed E-state index contributed by atoms with van der Waals surface area (Å²) in [7, 11) is 0. The molecule has 0 amide bonds. The zero-order valence-corrected chi connectivity index (χ0v) is 10.5. The molecule has 0 spiro atoms. The van der Waals surface area contributed by atoms with Crippen LogP contribution in [0.1, 0.15) is 31.4 Å². The fourth-order valence-corrected chi connectivity index (χ4v) is 1.46. The molecule has 1 N–H and O–H groups in total. The lowest BCUT2D eigenvalue weighted by molar-refractivity contribution is -0.145. The molecule has 3 nitrogen and oxygen atoms in total. The summed E-state index contributed by atoms with van der Waals surface area (Å²) in [6, 6.07) is 5.66. The van der Waals surface area contributed by atoms with Crippen molar-refractivity contribution in [2.24, 2.45) is 0 Å². The summed E-state index contributed by atoms with van der Waals surface area (Å²) in [5, 5.41) is 2.93. The summed E-state index contributed by atoms with van der Waals surface area (Å²) in [6.45, 7) is 4.08. The zero-order chi connectivity index (χ0) is 13.5. The number of rotatable bonds is 6. The lowest BCUT2D eigenvalue weighted by Gasteiger charge is -2.13. The molecule has 18 heavy (non-hydrogen) atoms. The molecule has 1 atom stereocenters. The van der Waals surface area contributed by atoms with Crippen LogP contribution in [0.3, 0.4) is 0 Å². The van der Waals surface area contributed by atoms with Crippen molar-refractivity contribution in [3.63, 3.8) is 0 Å². The summed E-state index contributed by atoms with van der Waals surface area (Å²) in [5.41, 5.74) is 0.696. The van der Waals surface area contributed by atoms with Gasteiger partial charge in [-0.2, -0.15) is 0 Å². The summed E-state index contributed by atoms with van der Waals surface area (Å²) < 4.78 is 29.8. The predicted octanol–water partition coefficient (Wildman–Crippen LogP) is 2.67. The van der Waals surface area contributed by atoms with Crippen LogP contribution in [0.4, 0.5) is 8.78 Å². The van der Waals surface area contributed by atoms with Crippen LogP contribution in [0.2, 0.25) is 0 Å². The molecule has 0 aliphatic carbocycles. The number of carbonyl (C=O) groups excluding carboxylic acids is 1. The first-order chi connectivity index (χ1) is 8.54. The van der Waals surface area contributed by atoms with Gasteiger partial charge in [-0.15, -0.1) is 0 Å². The van der Waals surface area contributed by atoms with Gasteiger partial charge in [0, 0.05) is 12.1 Å². The first-order valence-corrected chi connectivity index (χ1v) is 5.81. The van der Waals surface area contributed by atoms with Crippen LogP contribution in [0.15, 0.2) is 24.3 Å². The highest BCUT2D eigenvalue weighted by molar-refractivity contribution is 5.75. The number of benzene rings is 1. The van der Waals surface area contributed by atoms with Gasteiger partial charge in [0.05, 0.1) is 6.61 Å². The third kappa shape index (κ3) is 4.41. The molecule has 0 saturated heterocycles. The molecule has 1 aromatic carbocycles. The van der Waals surface area contributed by atoms with Crippen molar-refractivity contribution in [1.82, 2.24) is 5.32 Å². The van der Waals surface area contributed by atoms with Gasteiger partial charge in [-0.25, -0.2) is 8.78 Å². The third-order valence-electron chi connectivity index (χ3n) is 2.46. The van der Waals surface area contributed by atoms with E-state index in [1.165, 1.54) is 12.1 Å². The van der Waals surface area contributed by atoms with Crippen molar-refractivity contribution in [3.05, 3.63) is 35.4 Å². The number of halogens is 2. The van der Waals surface area contributed by atoms with Crippen LogP contribution >= 0.6 is 0 Å². The minimum Gasteiger partial charge on any atom is -0.465 e. The molecule has 0 saturated carbocycles. The second-order valence-corrected chi connectivity index (χ2v) is 3.90. The van der Waals surface area contributed by atoms with Crippen molar-refractivity contribution in [1.29, 1.82) is 0 Å². The van der Waals surface area contributed by atoms with E-state index in [9.17, 15) is 13.6 Å². The number of carbonyl (C=O) groups is 1. The molecule has 0 radical (unpaired) electrons. The maximum absolute atomic E-state index is 12.5. The summed E-state index contributed by atoms with van der Waals surface area (Å²) >= 11 is 0. The Morgan fingerprint density at radius 2 is 2.17 bits per heavy atom. The fourth-order valence-electron chi connectivity index (χ4n) is 1.46. The highest BCUT2D eigenvalue weighted by atomic mass is 19.3. The molecule has 0 aromatic heterocycles. The molecule has 0 bridgehead atoms. The number of hydrogen-bond acceptors (Lipinski definition) is 3. The Balaban J connectivity index is 2.53. The standard InChI is InChI=1S/C13H17F2NO2/c1-3-18-13(17)9(2)16-8-10-5-4-6-11(7-10)12(14)15/h4-7,9,12,16H,3,8H2,1-2H3. The van der Waals surface area contributed by atoms with E-state index in [0.29, 0.717) is 18.7 Å². The van der Waals surface area contributed by atoms with E-state index in [-0.39, 0.29) is 11.5 Å². The number of alkyl halides is 2. The minimum atomic E-state index is -2.48. The average Bonchev–Trinajstić information content (AvgIpc) is 2.36. The topological polar surface area (TPSA) is 38.3 Å². The largest absolute Gasteiger partial charge is 0.465 e. The number of esters is 1. The maximum Gasteiger partial charge on any atom is 0.322 e. The van der Waals surface area contributed by atoms with Crippen molar-refractivity contribution >= 4 is 5.97 Å². The van der Waals surface area contributed by atoms with Crippen LogP contribution in [-0.2, 0) is 16.1 Å². The van der Waals surface area contributed by atoms with Gasteiger partial charge in [-0.3, -0.25) is 4.79 Å². The smallest absolute Gasteiger partial charge is 0.322 e. The predicted molar refractivity (Wildman–Crippen MR) is 64.3 cm³/mol. The molecule has 0 heterocycles. The Kier molecular flexibility index (Phi) is 5.71. The number of ether oxygens (including phenoxy) is 1. The van der Waals surface area contributed by atoms with Crippen LogP contribution in [0.25, 0.3) is 0 Å². The molecule has 1 aromatic rings. The minimum absolute atomic E-state index is 0.0157. The molecule has 1 rings (SSSR count). The van der Waals surface area contributed by atoms with Crippen molar-refractivity contribution in [3.8, 4) is 0 Å². The van der Waals surface area contributed by atoms with Gasteiger partial charge in [-0.1, -0.05) is 18.2 Å². The van der Waals surface area contributed by atoms with E-state index < -0.39 is 12.5 Å². The van der Waals surface area contributed by atoms with Crippen molar-refractivity contribution in [2.75, 3.05) is 6.61 Å². The first-order valence-electron chi connectivity index (χ1n) is 5.81. The monoisotopic (exact) mass is 257 g/mol. The van der Waals surface area contributed by atoms with E-state index in [4.69, 9.17) is 4.74 Å². The second-order valence-electron chi connectivity index (χ2n) is 3.90. The highest BCUT2D eigenvalue weighted by Crippen LogP contribution is 2.19. The normalized spacial score (nSPS) is 12.5. The fraction of sp³-hybridized carbons (Fsp3) is 0.462. The Labute approximate surface area is 105 Å². The Morgan fingerprint density at radius 3 is 2.78 bits per heavy atom. The van der Waals surface area contributed by atoms with Gasteiger partial charge in [0.15, 0.2) is 0 Å². The first kappa shape index (κ1) is 14.6. The maximum atomic E-state index is 12.5. The zero-order valence-electron chi connectivity index (χ0n) is 10.5. The molecule has 100 valence electrons. The quantitative estimate of drug-likeness (QED) is 0.796. The Hall–Kier alpha value is -1.49. The van der Waals surface area contributed by atoms with E-state index >= 15 is 0 Å². The summed E-state index contributed by atoms with van der Waals surface area (Å²) in [6.07, 6.45) is -2.48. The third-order valence-corrected chi connectivity index (χ3v) is 2.46. The molecule has 5 heteroatoms. The van der Waals surface area contributed by atoms with Gasteiger partial charge in [-0.05, 0) is 25.5 Å². The van der Waals surface area contributed by atoms with Crippen molar-refractivity contribution < 1.29 is 18.3 Å². The van der Waals surface area contributed by atoms with Gasteiger partial charge in [0.25, 0.3) is 6.43 Å². The average molecular weight is 257 g/mol.